The average Bonchev–Trinajstić information content (AvgIpc) is 2.71. The van der Waals surface area contributed by atoms with Gasteiger partial charge in [-0.1, -0.05) is 20.8 Å². The van der Waals surface area contributed by atoms with Crippen LogP contribution >= 0.6 is 11.8 Å². The molecule has 0 saturated heterocycles. The second-order valence-electron chi connectivity index (χ2n) is 5.00. The number of hydrogen-bond acceptors (Lipinski definition) is 6. The van der Waals surface area contributed by atoms with Crippen LogP contribution in [0.2, 0.25) is 0 Å². The van der Waals surface area contributed by atoms with Crippen molar-refractivity contribution in [2.75, 3.05) is 5.84 Å². The Morgan fingerprint density at radius 3 is 2.68 bits per heavy atom. The van der Waals surface area contributed by atoms with Crippen LogP contribution in [0, 0.1) is 11.3 Å². The second kappa shape index (κ2) is 4.90. The van der Waals surface area contributed by atoms with Gasteiger partial charge in [0.1, 0.15) is 11.1 Å². The van der Waals surface area contributed by atoms with Gasteiger partial charge in [-0.05, 0) is 23.9 Å². The molecule has 0 radical (unpaired) electrons. The summed E-state index contributed by atoms with van der Waals surface area (Å²) in [6, 6.07) is 5.51. The Labute approximate surface area is 115 Å². The lowest BCUT2D eigenvalue weighted by atomic mass is 9.96. The zero-order valence-corrected chi connectivity index (χ0v) is 11.8. The van der Waals surface area contributed by atoms with Crippen LogP contribution in [0.1, 0.15) is 32.2 Å². The Morgan fingerprint density at radius 1 is 1.37 bits per heavy atom. The molecule has 7 heteroatoms. The van der Waals surface area contributed by atoms with Crippen molar-refractivity contribution in [1.82, 2.24) is 19.9 Å². The third kappa shape index (κ3) is 2.69. The van der Waals surface area contributed by atoms with E-state index < -0.39 is 0 Å². The molecule has 2 heterocycles. The SMILES string of the molecule is CC(C)(C)c1nnc(Sc2ncccc2C#N)n1N. The average molecular weight is 274 g/mol. The summed E-state index contributed by atoms with van der Waals surface area (Å²) in [4.78, 5) is 4.16. The summed E-state index contributed by atoms with van der Waals surface area (Å²) in [6.45, 7) is 6.03. The Morgan fingerprint density at radius 2 is 2.11 bits per heavy atom. The Balaban J connectivity index is 2.36. The summed E-state index contributed by atoms with van der Waals surface area (Å²) in [5.74, 6) is 6.67. The van der Waals surface area contributed by atoms with Gasteiger partial charge in [-0.3, -0.25) is 0 Å². The van der Waals surface area contributed by atoms with Crippen LogP contribution in [0.15, 0.2) is 28.5 Å². The van der Waals surface area contributed by atoms with Crippen molar-refractivity contribution in [3.05, 3.63) is 29.7 Å². The quantitative estimate of drug-likeness (QED) is 0.838. The lowest BCUT2D eigenvalue weighted by molar-refractivity contribution is 0.523. The van der Waals surface area contributed by atoms with Gasteiger partial charge in [-0.15, -0.1) is 10.2 Å². The fourth-order valence-corrected chi connectivity index (χ4v) is 2.28. The minimum atomic E-state index is -0.192. The molecule has 0 fully saturated rings. The first-order chi connectivity index (χ1) is 8.93. The fourth-order valence-electron chi connectivity index (χ4n) is 1.50. The zero-order chi connectivity index (χ0) is 14.0. The van der Waals surface area contributed by atoms with Crippen molar-refractivity contribution in [3.63, 3.8) is 0 Å². The number of rotatable bonds is 2. The summed E-state index contributed by atoms with van der Waals surface area (Å²) in [6.07, 6.45) is 1.63. The summed E-state index contributed by atoms with van der Waals surface area (Å²) in [7, 11) is 0. The predicted octanol–water partition coefficient (Wildman–Crippen LogP) is 1.71. The highest BCUT2D eigenvalue weighted by Gasteiger charge is 2.23. The maximum absolute atomic E-state index is 9.02. The Kier molecular flexibility index (Phi) is 3.44. The molecular formula is C12H14N6S. The van der Waals surface area contributed by atoms with E-state index in [0.29, 0.717) is 21.6 Å². The number of pyridine rings is 1. The minimum absolute atomic E-state index is 0.192. The van der Waals surface area contributed by atoms with E-state index >= 15 is 0 Å². The number of nitriles is 1. The molecule has 19 heavy (non-hydrogen) atoms. The summed E-state index contributed by atoms with van der Waals surface area (Å²) < 4.78 is 1.44. The van der Waals surface area contributed by atoms with Gasteiger partial charge in [0.05, 0.1) is 5.56 Å². The van der Waals surface area contributed by atoms with E-state index in [0.717, 1.165) is 0 Å². The van der Waals surface area contributed by atoms with E-state index in [4.69, 9.17) is 11.1 Å². The van der Waals surface area contributed by atoms with E-state index in [1.54, 1.807) is 18.3 Å². The highest BCUT2D eigenvalue weighted by atomic mass is 32.2. The van der Waals surface area contributed by atoms with Gasteiger partial charge in [-0.2, -0.15) is 5.26 Å². The predicted molar refractivity (Wildman–Crippen MR) is 71.9 cm³/mol. The topological polar surface area (TPSA) is 93.4 Å². The molecule has 0 aromatic carbocycles. The monoisotopic (exact) mass is 274 g/mol. The standard InChI is InChI=1S/C12H14N6S/c1-12(2,3)10-16-17-11(18(10)14)19-9-8(7-13)5-4-6-15-9/h4-6H,14H2,1-3H3. The van der Waals surface area contributed by atoms with Crippen LogP contribution in [-0.4, -0.2) is 19.9 Å². The van der Waals surface area contributed by atoms with Gasteiger partial charge in [0.15, 0.2) is 5.82 Å². The summed E-state index contributed by atoms with van der Waals surface area (Å²) >= 11 is 1.23. The lowest BCUT2D eigenvalue weighted by Crippen LogP contribution is -2.24. The maximum atomic E-state index is 9.02. The molecule has 6 nitrogen and oxygen atoms in total. The van der Waals surface area contributed by atoms with Crippen LogP contribution in [0.25, 0.3) is 0 Å². The highest BCUT2D eigenvalue weighted by molar-refractivity contribution is 7.99. The first-order valence-electron chi connectivity index (χ1n) is 5.67. The van der Waals surface area contributed by atoms with Gasteiger partial charge in [-0.25, -0.2) is 9.66 Å². The van der Waals surface area contributed by atoms with E-state index in [1.165, 1.54) is 16.4 Å². The third-order valence-corrected chi connectivity index (χ3v) is 3.39. The van der Waals surface area contributed by atoms with Crippen LogP contribution in [-0.2, 0) is 5.41 Å². The van der Waals surface area contributed by atoms with Crippen molar-refractivity contribution in [1.29, 1.82) is 5.26 Å². The molecule has 0 unspecified atom stereocenters. The van der Waals surface area contributed by atoms with Crippen LogP contribution in [0.3, 0.4) is 0 Å². The van der Waals surface area contributed by atoms with Crippen LogP contribution < -0.4 is 5.84 Å². The molecule has 2 aromatic heterocycles. The molecule has 0 saturated carbocycles. The number of nitrogens with two attached hydrogens (primary N) is 1. The normalized spacial score (nSPS) is 11.3. The number of nitrogens with zero attached hydrogens (tertiary/aromatic N) is 5. The van der Waals surface area contributed by atoms with Gasteiger partial charge < -0.3 is 5.84 Å². The molecule has 0 spiro atoms. The molecule has 0 aliphatic carbocycles. The summed E-state index contributed by atoms with van der Waals surface area (Å²) in [5.41, 5.74) is 0.302. The number of aromatic nitrogens is 4. The third-order valence-electron chi connectivity index (χ3n) is 2.41. The molecule has 0 aliphatic rings. The first kappa shape index (κ1) is 13.4. The van der Waals surface area contributed by atoms with Gasteiger partial charge in [0.25, 0.3) is 0 Å². The molecule has 0 bridgehead atoms. The van der Waals surface area contributed by atoms with Crippen LogP contribution in [0.4, 0.5) is 0 Å². The van der Waals surface area contributed by atoms with Crippen LogP contribution in [0.5, 0.6) is 0 Å². The van der Waals surface area contributed by atoms with E-state index in [-0.39, 0.29) is 5.41 Å². The summed E-state index contributed by atoms with van der Waals surface area (Å²) in [5, 5.41) is 18.3. The molecule has 2 N–H and O–H groups in total. The van der Waals surface area contributed by atoms with E-state index in [1.807, 2.05) is 20.8 Å². The molecule has 0 aliphatic heterocycles. The lowest BCUT2D eigenvalue weighted by Gasteiger charge is -2.16. The van der Waals surface area contributed by atoms with Gasteiger partial charge in [0, 0.05) is 11.6 Å². The van der Waals surface area contributed by atoms with E-state index in [9.17, 15) is 0 Å². The number of hydrogen-bond donors (Lipinski definition) is 1. The Bertz CT molecular complexity index is 634. The molecule has 2 rings (SSSR count). The van der Waals surface area contributed by atoms with Gasteiger partial charge >= 0.3 is 0 Å². The molecule has 2 aromatic rings. The van der Waals surface area contributed by atoms with Gasteiger partial charge in [0.2, 0.25) is 5.16 Å². The van der Waals surface area contributed by atoms with E-state index in [2.05, 4.69) is 21.3 Å². The molecule has 0 amide bonds. The zero-order valence-electron chi connectivity index (χ0n) is 11.0. The molecule has 98 valence electrons. The fraction of sp³-hybridized carbons (Fsp3) is 0.333. The Hall–Kier alpha value is -2.07. The first-order valence-corrected chi connectivity index (χ1v) is 6.49. The van der Waals surface area contributed by atoms with Crippen molar-refractivity contribution < 1.29 is 0 Å². The smallest absolute Gasteiger partial charge is 0.216 e. The number of nitrogen functional groups attached to an aromatic ring is 1. The highest BCUT2D eigenvalue weighted by Crippen LogP contribution is 2.28. The molecular weight excluding hydrogens is 260 g/mol. The largest absolute Gasteiger partial charge is 0.336 e. The minimum Gasteiger partial charge on any atom is -0.336 e. The van der Waals surface area contributed by atoms with Crippen molar-refractivity contribution >= 4 is 11.8 Å². The molecule has 0 atom stereocenters. The van der Waals surface area contributed by atoms with Crippen molar-refractivity contribution in [3.8, 4) is 6.07 Å². The maximum Gasteiger partial charge on any atom is 0.216 e. The van der Waals surface area contributed by atoms with Crippen molar-refractivity contribution in [2.24, 2.45) is 0 Å². The second-order valence-corrected chi connectivity index (χ2v) is 5.95. The van der Waals surface area contributed by atoms with Crippen molar-refractivity contribution in [2.45, 2.75) is 36.4 Å².